The zero-order valence-electron chi connectivity index (χ0n) is 10.5. The topological polar surface area (TPSA) is 75.2 Å². The van der Waals surface area contributed by atoms with Gasteiger partial charge < -0.3 is 5.32 Å². The predicted octanol–water partition coefficient (Wildman–Crippen LogP) is 0.953. The summed E-state index contributed by atoms with van der Waals surface area (Å²) in [5, 5.41) is 2.92. The van der Waals surface area contributed by atoms with Crippen molar-refractivity contribution in [1.29, 1.82) is 0 Å². The van der Waals surface area contributed by atoms with Crippen molar-refractivity contribution in [2.75, 3.05) is 27.2 Å². The summed E-state index contributed by atoms with van der Waals surface area (Å²) < 4.78 is 34.2. The van der Waals surface area contributed by atoms with Gasteiger partial charge in [-0.1, -0.05) is 6.07 Å². The molecule has 19 heavy (non-hydrogen) atoms. The highest BCUT2D eigenvalue weighted by molar-refractivity contribution is 7.89. The lowest BCUT2D eigenvalue weighted by molar-refractivity contribution is 0.466. The van der Waals surface area contributed by atoms with Gasteiger partial charge in [0.2, 0.25) is 10.0 Å². The van der Waals surface area contributed by atoms with Crippen molar-refractivity contribution in [3.8, 4) is 0 Å². The van der Waals surface area contributed by atoms with Crippen LogP contribution in [-0.4, -0.2) is 48.7 Å². The van der Waals surface area contributed by atoms with E-state index in [9.17, 15) is 8.42 Å². The average molecular weight is 323 g/mol. The molecule has 2 aromatic rings. The first-order valence-corrected chi connectivity index (χ1v) is 7.56. The van der Waals surface area contributed by atoms with E-state index in [1.54, 1.807) is 32.3 Å². The zero-order chi connectivity index (χ0) is 13.2. The van der Waals surface area contributed by atoms with E-state index >= 15 is 0 Å². The quantitative estimate of drug-likeness (QED) is 0.887. The Hall–Kier alpha value is -0.800. The number of benzene rings is 1. The molecular formula is C10H15ClN4O2S2. The van der Waals surface area contributed by atoms with Crippen LogP contribution in [-0.2, 0) is 10.0 Å². The van der Waals surface area contributed by atoms with Crippen LogP contribution in [0.1, 0.15) is 0 Å². The molecule has 0 aliphatic carbocycles. The van der Waals surface area contributed by atoms with Crippen LogP contribution >= 0.6 is 24.1 Å². The first-order chi connectivity index (χ1) is 8.57. The van der Waals surface area contributed by atoms with E-state index in [0.29, 0.717) is 24.1 Å². The molecule has 0 aliphatic rings. The number of aromatic nitrogens is 2. The van der Waals surface area contributed by atoms with Crippen molar-refractivity contribution >= 4 is 45.2 Å². The summed E-state index contributed by atoms with van der Waals surface area (Å²) in [7, 11) is -0.166. The Morgan fingerprint density at radius 1 is 1.37 bits per heavy atom. The molecule has 1 heterocycles. The fourth-order valence-corrected chi connectivity index (χ4v) is 3.47. The second-order valence-electron chi connectivity index (χ2n) is 3.82. The highest BCUT2D eigenvalue weighted by Crippen LogP contribution is 2.23. The molecule has 0 spiro atoms. The molecule has 0 saturated carbocycles. The van der Waals surface area contributed by atoms with Crippen LogP contribution in [0.3, 0.4) is 0 Å². The number of halogens is 1. The van der Waals surface area contributed by atoms with E-state index in [0.717, 1.165) is 11.7 Å². The number of hydrogen-bond acceptors (Lipinski definition) is 6. The van der Waals surface area contributed by atoms with E-state index in [-0.39, 0.29) is 17.3 Å². The van der Waals surface area contributed by atoms with Gasteiger partial charge in [-0.15, -0.1) is 12.4 Å². The van der Waals surface area contributed by atoms with Gasteiger partial charge in [0.25, 0.3) is 0 Å². The van der Waals surface area contributed by atoms with Gasteiger partial charge in [0, 0.05) is 20.1 Å². The van der Waals surface area contributed by atoms with Gasteiger partial charge in [-0.3, -0.25) is 0 Å². The van der Waals surface area contributed by atoms with E-state index < -0.39 is 10.0 Å². The third-order valence-corrected chi connectivity index (χ3v) is 5.04. The van der Waals surface area contributed by atoms with Gasteiger partial charge in [-0.2, -0.15) is 13.1 Å². The van der Waals surface area contributed by atoms with Crippen molar-refractivity contribution in [3.05, 3.63) is 18.2 Å². The summed E-state index contributed by atoms with van der Waals surface area (Å²) in [5.74, 6) is 0. The summed E-state index contributed by atoms with van der Waals surface area (Å²) in [6, 6.07) is 5.00. The van der Waals surface area contributed by atoms with Gasteiger partial charge >= 0.3 is 0 Å². The molecular weight excluding hydrogens is 308 g/mol. The Morgan fingerprint density at radius 3 is 2.79 bits per heavy atom. The number of likely N-dealkylation sites (N-methyl/N-ethyl adjacent to an activating group) is 2. The Morgan fingerprint density at radius 2 is 2.11 bits per heavy atom. The molecule has 0 atom stereocenters. The molecule has 1 aromatic carbocycles. The smallest absolute Gasteiger partial charge is 0.245 e. The van der Waals surface area contributed by atoms with Crippen LogP contribution in [0.2, 0.25) is 0 Å². The molecule has 2 rings (SSSR count). The first-order valence-electron chi connectivity index (χ1n) is 5.39. The van der Waals surface area contributed by atoms with Crippen molar-refractivity contribution in [1.82, 2.24) is 18.4 Å². The van der Waals surface area contributed by atoms with Crippen LogP contribution in [0.5, 0.6) is 0 Å². The molecule has 1 aromatic heterocycles. The number of sulfonamides is 1. The SMILES string of the molecule is CNCCN(C)S(=O)(=O)c1cccc2nsnc12.Cl. The van der Waals surface area contributed by atoms with Gasteiger partial charge in [-0.05, 0) is 19.2 Å². The number of hydrogen-bond donors (Lipinski definition) is 1. The first kappa shape index (κ1) is 16.3. The largest absolute Gasteiger partial charge is 0.318 e. The summed E-state index contributed by atoms with van der Waals surface area (Å²) in [6.45, 7) is 1.01. The zero-order valence-corrected chi connectivity index (χ0v) is 13.0. The van der Waals surface area contributed by atoms with Gasteiger partial charge in [-0.25, -0.2) is 8.42 Å². The third-order valence-electron chi connectivity index (χ3n) is 2.61. The minimum atomic E-state index is -3.51. The Bertz CT molecular complexity index is 644. The summed E-state index contributed by atoms with van der Waals surface area (Å²) in [5.41, 5.74) is 1.06. The van der Waals surface area contributed by atoms with Gasteiger partial charge in [0.15, 0.2) is 0 Å². The molecule has 106 valence electrons. The Kier molecular flexibility index (Phi) is 5.63. The maximum atomic E-state index is 12.4. The number of nitrogens with one attached hydrogen (secondary N) is 1. The lowest BCUT2D eigenvalue weighted by Gasteiger charge is -2.16. The second-order valence-corrected chi connectivity index (χ2v) is 6.36. The van der Waals surface area contributed by atoms with E-state index in [1.807, 2.05) is 0 Å². The highest BCUT2D eigenvalue weighted by Gasteiger charge is 2.23. The molecule has 0 bridgehead atoms. The lowest BCUT2D eigenvalue weighted by atomic mass is 10.3. The standard InChI is InChI=1S/C10H14N4O2S2.ClH/c1-11-6-7-14(2)18(15,16)9-5-3-4-8-10(9)13-17-12-8;/h3-5,11H,6-7H2,1-2H3;1H. The summed E-state index contributed by atoms with van der Waals surface area (Å²) in [4.78, 5) is 0.215. The molecule has 0 aliphatic heterocycles. The van der Waals surface area contributed by atoms with Gasteiger partial charge in [0.05, 0.1) is 11.7 Å². The third kappa shape index (κ3) is 3.21. The summed E-state index contributed by atoms with van der Waals surface area (Å²) >= 11 is 1.02. The number of rotatable bonds is 5. The number of fused-ring (bicyclic) bond motifs is 1. The minimum absolute atomic E-state index is 0. The predicted molar refractivity (Wildman–Crippen MR) is 78.4 cm³/mol. The Labute approximate surface area is 122 Å². The summed E-state index contributed by atoms with van der Waals surface area (Å²) in [6.07, 6.45) is 0. The fourth-order valence-electron chi connectivity index (χ4n) is 1.55. The van der Waals surface area contributed by atoms with Gasteiger partial charge in [0.1, 0.15) is 15.9 Å². The monoisotopic (exact) mass is 322 g/mol. The van der Waals surface area contributed by atoms with E-state index in [1.165, 1.54) is 4.31 Å². The van der Waals surface area contributed by atoms with E-state index in [2.05, 4.69) is 14.1 Å². The lowest BCUT2D eigenvalue weighted by Crippen LogP contribution is -2.32. The van der Waals surface area contributed by atoms with Crippen molar-refractivity contribution in [2.24, 2.45) is 0 Å². The van der Waals surface area contributed by atoms with Crippen LogP contribution in [0.25, 0.3) is 11.0 Å². The molecule has 1 N–H and O–H groups in total. The molecule has 0 radical (unpaired) electrons. The average Bonchev–Trinajstić information content (AvgIpc) is 2.83. The molecule has 0 fully saturated rings. The second kappa shape index (κ2) is 6.58. The van der Waals surface area contributed by atoms with Crippen molar-refractivity contribution in [3.63, 3.8) is 0 Å². The van der Waals surface area contributed by atoms with Crippen LogP contribution in [0, 0.1) is 0 Å². The normalized spacial score (nSPS) is 11.7. The van der Waals surface area contributed by atoms with Crippen LogP contribution in [0.15, 0.2) is 23.1 Å². The molecule has 0 amide bonds. The number of nitrogens with zero attached hydrogens (tertiary/aromatic N) is 3. The molecule has 0 unspecified atom stereocenters. The highest BCUT2D eigenvalue weighted by atomic mass is 35.5. The minimum Gasteiger partial charge on any atom is -0.318 e. The maximum Gasteiger partial charge on any atom is 0.245 e. The van der Waals surface area contributed by atoms with Crippen LogP contribution < -0.4 is 5.32 Å². The Balaban J connectivity index is 0.00000180. The van der Waals surface area contributed by atoms with E-state index in [4.69, 9.17) is 0 Å². The molecule has 9 heteroatoms. The van der Waals surface area contributed by atoms with Crippen LogP contribution in [0.4, 0.5) is 0 Å². The maximum absolute atomic E-state index is 12.4. The van der Waals surface area contributed by atoms with Crippen molar-refractivity contribution in [2.45, 2.75) is 4.90 Å². The van der Waals surface area contributed by atoms with Crippen molar-refractivity contribution < 1.29 is 8.42 Å². The molecule has 0 saturated heterocycles. The molecule has 6 nitrogen and oxygen atoms in total. The fraction of sp³-hybridized carbons (Fsp3) is 0.400.